The van der Waals surface area contributed by atoms with E-state index in [9.17, 15) is 23.9 Å². The number of anilines is 1. The molecule has 0 unspecified atom stereocenters. The zero-order valence-corrected chi connectivity index (χ0v) is 18.6. The van der Waals surface area contributed by atoms with Gasteiger partial charge in [0.2, 0.25) is 0 Å². The number of hydrogen-bond acceptors (Lipinski definition) is 5. The highest BCUT2D eigenvalue weighted by Crippen LogP contribution is 2.25. The van der Waals surface area contributed by atoms with Crippen LogP contribution in [0.1, 0.15) is 58.8 Å². The van der Waals surface area contributed by atoms with Crippen molar-refractivity contribution in [1.82, 2.24) is 4.90 Å². The van der Waals surface area contributed by atoms with Gasteiger partial charge in [0, 0.05) is 19.6 Å². The predicted molar refractivity (Wildman–Crippen MR) is 110 cm³/mol. The van der Waals surface area contributed by atoms with Crippen molar-refractivity contribution in [2.75, 3.05) is 24.5 Å². The third kappa shape index (κ3) is 7.88. The number of benzene rings is 1. The number of carboxylic acids is 1. The Kier molecular flexibility index (Phi) is 8.21. The molecule has 1 rings (SSSR count). The molecule has 0 spiro atoms. The average molecular weight is 426 g/mol. The molecular formula is C21H31FN2O6. The SMILES string of the molecule is CCN(CCN(C(=O)OC(C)(C)C)c1cc(F)ccc1C(=O)O)C(=O)OC(C)(C)C. The fourth-order valence-electron chi connectivity index (χ4n) is 2.46. The first kappa shape index (κ1) is 25.2. The van der Waals surface area contributed by atoms with Crippen LogP contribution in [0.3, 0.4) is 0 Å². The first-order valence-electron chi connectivity index (χ1n) is 9.66. The Morgan fingerprint density at radius 1 is 0.967 bits per heavy atom. The molecule has 0 aliphatic rings. The quantitative estimate of drug-likeness (QED) is 0.718. The summed E-state index contributed by atoms with van der Waals surface area (Å²) < 4.78 is 24.6. The van der Waals surface area contributed by atoms with Crippen molar-refractivity contribution in [3.8, 4) is 0 Å². The van der Waals surface area contributed by atoms with E-state index in [1.165, 1.54) is 4.90 Å². The number of carbonyl (C=O) groups excluding carboxylic acids is 2. The molecular weight excluding hydrogens is 395 g/mol. The molecule has 1 aromatic rings. The van der Waals surface area contributed by atoms with Crippen molar-refractivity contribution in [2.24, 2.45) is 0 Å². The van der Waals surface area contributed by atoms with Gasteiger partial charge in [-0.3, -0.25) is 4.90 Å². The van der Waals surface area contributed by atoms with Crippen LogP contribution in [0.5, 0.6) is 0 Å². The van der Waals surface area contributed by atoms with Gasteiger partial charge in [0.1, 0.15) is 17.0 Å². The van der Waals surface area contributed by atoms with E-state index >= 15 is 0 Å². The van der Waals surface area contributed by atoms with Gasteiger partial charge >= 0.3 is 18.2 Å². The second-order valence-electron chi connectivity index (χ2n) is 8.66. The molecule has 8 nitrogen and oxygen atoms in total. The van der Waals surface area contributed by atoms with Gasteiger partial charge in [-0.1, -0.05) is 0 Å². The van der Waals surface area contributed by atoms with E-state index in [1.54, 1.807) is 48.5 Å². The van der Waals surface area contributed by atoms with Crippen molar-refractivity contribution in [1.29, 1.82) is 0 Å². The smallest absolute Gasteiger partial charge is 0.414 e. The van der Waals surface area contributed by atoms with Gasteiger partial charge in [0.05, 0.1) is 11.3 Å². The van der Waals surface area contributed by atoms with Gasteiger partial charge in [0.25, 0.3) is 0 Å². The normalized spacial score (nSPS) is 11.6. The first-order valence-corrected chi connectivity index (χ1v) is 9.66. The lowest BCUT2D eigenvalue weighted by Gasteiger charge is -2.31. The molecule has 9 heteroatoms. The molecule has 1 N–H and O–H groups in total. The summed E-state index contributed by atoms with van der Waals surface area (Å²) in [6, 6.07) is 3.03. The van der Waals surface area contributed by atoms with Crippen molar-refractivity contribution in [3.63, 3.8) is 0 Å². The summed E-state index contributed by atoms with van der Waals surface area (Å²) in [6.07, 6.45) is -1.43. The third-order valence-electron chi connectivity index (χ3n) is 3.72. The molecule has 2 amide bonds. The largest absolute Gasteiger partial charge is 0.478 e. The summed E-state index contributed by atoms with van der Waals surface area (Å²) in [5.74, 6) is -2.03. The molecule has 0 fully saturated rings. The fourth-order valence-corrected chi connectivity index (χ4v) is 2.46. The van der Waals surface area contributed by atoms with Gasteiger partial charge in [-0.05, 0) is 66.7 Å². The molecule has 0 saturated carbocycles. The molecule has 0 aliphatic heterocycles. The number of hydrogen-bond donors (Lipinski definition) is 1. The molecule has 0 aliphatic carbocycles. The second kappa shape index (κ2) is 9.77. The molecule has 1 aromatic carbocycles. The van der Waals surface area contributed by atoms with E-state index < -0.39 is 35.2 Å². The van der Waals surface area contributed by atoms with Crippen molar-refractivity contribution in [3.05, 3.63) is 29.6 Å². The summed E-state index contributed by atoms with van der Waals surface area (Å²) in [5, 5.41) is 9.47. The number of nitrogens with zero attached hydrogens (tertiary/aromatic N) is 2. The number of rotatable bonds is 6. The third-order valence-corrected chi connectivity index (χ3v) is 3.72. The maximum atomic E-state index is 13.9. The zero-order valence-electron chi connectivity index (χ0n) is 18.6. The average Bonchev–Trinajstić information content (AvgIpc) is 2.55. The maximum Gasteiger partial charge on any atom is 0.414 e. The number of amides is 2. The summed E-state index contributed by atoms with van der Waals surface area (Å²) in [5.41, 5.74) is -1.98. The Morgan fingerprint density at radius 3 is 1.97 bits per heavy atom. The Bertz CT molecular complexity index is 783. The molecule has 0 atom stereocenters. The van der Waals surface area contributed by atoms with Crippen molar-refractivity contribution < 1.29 is 33.4 Å². The number of likely N-dealkylation sites (N-methyl/N-ethyl adjacent to an activating group) is 1. The number of aromatic carboxylic acids is 1. The van der Waals surface area contributed by atoms with Crippen LogP contribution in [0.2, 0.25) is 0 Å². The minimum absolute atomic E-state index is 0.0280. The van der Waals surface area contributed by atoms with Gasteiger partial charge in [-0.25, -0.2) is 18.8 Å². The number of carbonyl (C=O) groups is 3. The Labute approximate surface area is 176 Å². The van der Waals surface area contributed by atoms with Gasteiger partial charge < -0.3 is 19.5 Å². The Hall–Kier alpha value is -2.84. The molecule has 0 bridgehead atoms. The minimum atomic E-state index is -1.32. The maximum absolute atomic E-state index is 13.9. The Morgan fingerprint density at radius 2 is 1.50 bits per heavy atom. The van der Waals surface area contributed by atoms with Crippen LogP contribution in [0.15, 0.2) is 18.2 Å². The summed E-state index contributed by atoms with van der Waals surface area (Å²) >= 11 is 0. The van der Waals surface area contributed by atoms with Crippen LogP contribution in [0.25, 0.3) is 0 Å². The van der Waals surface area contributed by atoms with E-state index in [1.807, 2.05) is 0 Å². The van der Waals surface area contributed by atoms with E-state index in [0.29, 0.717) is 6.54 Å². The van der Waals surface area contributed by atoms with Crippen LogP contribution in [-0.4, -0.2) is 59.0 Å². The highest BCUT2D eigenvalue weighted by Gasteiger charge is 2.29. The lowest BCUT2D eigenvalue weighted by Crippen LogP contribution is -2.45. The molecule has 0 heterocycles. The fraction of sp³-hybridized carbons (Fsp3) is 0.571. The van der Waals surface area contributed by atoms with E-state index in [4.69, 9.17) is 9.47 Å². The highest BCUT2D eigenvalue weighted by molar-refractivity contribution is 6.00. The number of ether oxygens (including phenoxy) is 2. The Balaban J connectivity index is 3.24. The van der Waals surface area contributed by atoms with E-state index in [0.717, 1.165) is 23.1 Å². The van der Waals surface area contributed by atoms with Gasteiger partial charge in [0.15, 0.2) is 0 Å². The van der Waals surface area contributed by atoms with E-state index in [-0.39, 0.29) is 24.3 Å². The highest BCUT2D eigenvalue weighted by atomic mass is 19.1. The first-order chi connectivity index (χ1) is 13.6. The molecule has 0 radical (unpaired) electrons. The lowest BCUT2D eigenvalue weighted by atomic mass is 10.1. The summed E-state index contributed by atoms with van der Waals surface area (Å²) in [6.45, 7) is 12.1. The van der Waals surface area contributed by atoms with Gasteiger partial charge in [-0.15, -0.1) is 0 Å². The number of halogens is 1. The van der Waals surface area contributed by atoms with Crippen LogP contribution in [0, 0.1) is 5.82 Å². The zero-order chi connectivity index (χ0) is 23.3. The van der Waals surface area contributed by atoms with E-state index in [2.05, 4.69) is 0 Å². The molecule has 0 saturated heterocycles. The van der Waals surface area contributed by atoms with Crippen LogP contribution < -0.4 is 4.90 Å². The number of carboxylic acid groups (broad SMARTS) is 1. The van der Waals surface area contributed by atoms with Crippen LogP contribution in [0.4, 0.5) is 19.7 Å². The predicted octanol–water partition coefficient (Wildman–Crippen LogP) is 4.52. The van der Waals surface area contributed by atoms with Crippen molar-refractivity contribution >= 4 is 23.8 Å². The summed E-state index contributed by atoms with van der Waals surface area (Å²) in [4.78, 5) is 39.2. The lowest BCUT2D eigenvalue weighted by molar-refractivity contribution is 0.0257. The summed E-state index contributed by atoms with van der Waals surface area (Å²) in [7, 11) is 0. The molecule has 168 valence electrons. The minimum Gasteiger partial charge on any atom is -0.478 e. The standard InChI is InChI=1S/C21H31FN2O6/c1-8-23(18(27)29-20(2,3)4)11-12-24(19(28)30-21(5,6)7)16-13-14(22)9-10-15(16)17(25)26/h9-10,13H,8,11-12H2,1-7H3,(H,25,26). The van der Waals surface area contributed by atoms with Crippen LogP contribution in [-0.2, 0) is 9.47 Å². The molecule has 0 aromatic heterocycles. The van der Waals surface area contributed by atoms with Gasteiger partial charge in [-0.2, -0.15) is 0 Å². The topological polar surface area (TPSA) is 96.4 Å². The van der Waals surface area contributed by atoms with Crippen molar-refractivity contribution in [2.45, 2.75) is 59.7 Å². The van der Waals surface area contributed by atoms with Crippen LogP contribution >= 0.6 is 0 Å². The molecule has 30 heavy (non-hydrogen) atoms. The monoisotopic (exact) mass is 426 g/mol. The second-order valence-corrected chi connectivity index (χ2v) is 8.66.